The van der Waals surface area contributed by atoms with Gasteiger partial charge in [0, 0.05) is 32.7 Å². The van der Waals surface area contributed by atoms with Gasteiger partial charge < -0.3 is 15.4 Å². The van der Waals surface area contributed by atoms with E-state index < -0.39 is 0 Å². The standard InChI is InChI=1S/C16H24N2O2/c1-20-11-10-18-16(19)8-9-17-15-7-6-13-4-2-3-5-14(13)12-15/h2-5,15,17H,6-12H2,1H3,(H,18,19). The van der Waals surface area contributed by atoms with Gasteiger partial charge >= 0.3 is 0 Å². The number of benzene rings is 1. The van der Waals surface area contributed by atoms with Crippen LogP contribution in [0.5, 0.6) is 0 Å². The maximum Gasteiger partial charge on any atom is 0.221 e. The largest absolute Gasteiger partial charge is 0.383 e. The van der Waals surface area contributed by atoms with E-state index in [4.69, 9.17) is 4.74 Å². The van der Waals surface area contributed by atoms with Crippen LogP contribution in [0.3, 0.4) is 0 Å². The molecule has 2 N–H and O–H groups in total. The van der Waals surface area contributed by atoms with E-state index in [0.717, 1.165) is 25.8 Å². The van der Waals surface area contributed by atoms with E-state index in [1.54, 1.807) is 7.11 Å². The number of carbonyl (C=O) groups is 1. The van der Waals surface area contributed by atoms with E-state index in [2.05, 4.69) is 34.9 Å². The molecular weight excluding hydrogens is 252 g/mol. The zero-order valence-electron chi connectivity index (χ0n) is 12.2. The fourth-order valence-corrected chi connectivity index (χ4v) is 2.64. The number of methoxy groups -OCH3 is 1. The molecule has 0 aliphatic heterocycles. The van der Waals surface area contributed by atoms with Crippen molar-refractivity contribution in [2.45, 2.75) is 31.7 Å². The summed E-state index contributed by atoms with van der Waals surface area (Å²) in [6.07, 6.45) is 3.89. The summed E-state index contributed by atoms with van der Waals surface area (Å²) in [4.78, 5) is 11.6. The number of amides is 1. The molecule has 2 rings (SSSR count). The fraction of sp³-hybridized carbons (Fsp3) is 0.562. The molecule has 0 saturated carbocycles. The summed E-state index contributed by atoms with van der Waals surface area (Å²) >= 11 is 0. The summed E-state index contributed by atoms with van der Waals surface area (Å²) in [5, 5.41) is 6.32. The third kappa shape index (κ3) is 4.62. The number of nitrogens with one attached hydrogen (secondary N) is 2. The Balaban J connectivity index is 1.65. The van der Waals surface area contributed by atoms with E-state index in [0.29, 0.717) is 25.6 Å². The van der Waals surface area contributed by atoms with Crippen molar-refractivity contribution in [3.63, 3.8) is 0 Å². The lowest BCUT2D eigenvalue weighted by molar-refractivity contribution is -0.121. The fourth-order valence-electron chi connectivity index (χ4n) is 2.64. The molecular formula is C16H24N2O2. The monoisotopic (exact) mass is 276 g/mol. The number of aryl methyl sites for hydroxylation is 1. The first-order valence-corrected chi connectivity index (χ1v) is 7.35. The van der Waals surface area contributed by atoms with Gasteiger partial charge in [-0.05, 0) is 30.4 Å². The number of hydrogen-bond acceptors (Lipinski definition) is 3. The molecule has 0 bridgehead atoms. The highest BCUT2D eigenvalue weighted by Crippen LogP contribution is 2.20. The summed E-state index contributed by atoms with van der Waals surface area (Å²) in [6, 6.07) is 9.13. The average Bonchev–Trinajstić information content (AvgIpc) is 2.47. The van der Waals surface area contributed by atoms with Crippen LogP contribution in [-0.2, 0) is 22.4 Å². The molecule has 1 aromatic carbocycles. The molecule has 4 nitrogen and oxygen atoms in total. The number of hydrogen-bond donors (Lipinski definition) is 2. The Kier molecular flexibility index (Phi) is 6.02. The zero-order chi connectivity index (χ0) is 14.2. The maximum absolute atomic E-state index is 11.6. The van der Waals surface area contributed by atoms with Gasteiger partial charge in [-0.15, -0.1) is 0 Å². The second-order valence-corrected chi connectivity index (χ2v) is 5.26. The first-order valence-electron chi connectivity index (χ1n) is 7.35. The van der Waals surface area contributed by atoms with Crippen LogP contribution in [-0.4, -0.2) is 38.8 Å². The molecule has 1 aromatic rings. The molecule has 1 atom stereocenters. The minimum atomic E-state index is 0.0887. The lowest BCUT2D eigenvalue weighted by atomic mass is 9.88. The molecule has 1 aliphatic rings. The van der Waals surface area contributed by atoms with E-state index in [1.165, 1.54) is 11.1 Å². The van der Waals surface area contributed by atoms with E-state index in [9.17, 15) is 4.79 Å². The van der Waals surface area contributed by atoms with Crippen molar-refractivity contribution < 1.29 is 9.53 Å². The van der Waals surface area contributed by atoms with Crippen molar-refractivity contribution >= 4 is 5.91 Å². The van der Waals surface area contributed by atoms with Crippen LogP contribution in [0.15, 0.2) is 24.3 Å². The maximum atomic E-state index is 11.6. The van der Waals surface area contributed by atoms with Gasteiger partial charge in [0.2, 0.25) is 5.91 Å². The first-order chi connectivity index (χ1) is 9.79. The van der Waals surface area contributed by atoms with Crippen molar-refractivity contribution in [2.75, 3.05) is 26.8 Å². The van der Waals surface area contributed by atoms with Crippen LogP contribution in [0.2, 0.25) is 0 Å². The van der Waals surface area contributed by atoms with Gasteiger partial charge in [0.25, 0.3) is 0 Å². The van der Waals surface area contributed by atoms with Crippen LogP contribution in [0.25, 0.3) is 0 Å². The SMILES string of the molecule is COCCNC(=O)CCNC1CCc2ccccc2C1. The van der Waals surface area contributed by atoms with Crippen molar-refractivity contribution in [1.82, 2.24) is 10.6 Å². The number of ether oxygens (including phenoxy) is 1. The van der Waals surface area contributed by atoms with Crippen molar-refractivity contribution in [3.05, 3.63) is 35.4 Å². The summed E-state index contributed by atoms with van der Waals surface area (Å²) in [7, 11) is 1.63. The third-order valence-electron chi connectivity index (χ3n) is 3.76. The molecule has 0 aromatic heterocycles. The molecule has 20 heavy (non-hydrogen) atoms. The smallest absolute Gasteiger partial charge is 0.221 e. The second-order valence-electron chi connectivity index (χ2n) is 5.26. The molecule has 4 heteroatoms. The van der Waals surface area contributed by atoms with E-state index >= 15 is 0 Å². The Morgan fingerprint density at radius 2 is 2.10 bits per heavy atom. The molecule has 110 valence electrons. The quantitative estimate of drug-likeness (QED) is 0.738. The Labute approximate surface area is 120 Å². The number of carbonyl (C=O) groups excluding carboxylic acids is 1. The number of fused-ring (bicyclic) bond motifs is 1. The third-order valence-corrected chi connectivity index (χ3v) is 3.76. The lowest BCUT2D eigenvalue weighted by Gasteiger charge is -2.25. The van der Waals surface area contributed by atoms with Crippen LogP contribution in [0.1, 0.15) is 24.0 Å². The normalized spacial score (nSPS) is 17.6. The molecule has 0 spiro atoms. The van der Waals surface area contributed by atoms with Gasteiger partial charge in [0.15, 0.2) is 0 Å². The molecule has 1 unspecified atom stereocenters. The predicted octanol–water partition coefficient (Wildman–Crippen LogP) is 1.29. The molecule has 1 aliphatic carbocycles. The minimum absolute atomic E-state index is 0.0887. The van der Waals surface area contributed by atoms with Crippen molar-refractivity contribution in [2.24, 2.45) is 0 Å². The minimum Gasteiger partial charge on any atom is -0.383 e. The summed E-state index contributed by atoms with van der Waals surface area (Å²) in [5.41, 5.74) is 2.92. The number of rotatable bonds is 7. The van der Waals surface area contributed by atoms with Gasteiger partial charge in [-0.1, -0.05) is 24.3 Å². The summed E-state index contributed by atoms with van der Waals surface area (Å²) in [5.74, 6) is 0.0887. The first kappa shape index (κ1) is 15.0. The van der Waals surface area contributed by atoms with Crippen LogP contribution in [0.4, 0.5) is 0 Å². The van der Waals surface area contributed by atoms with Gasteiger partial charge in [-0.3, -0.25) is 4.79 Å². The highest BCUT2D eigenvalue weighted by Gasteiger charge is 2.17. The van der Waals surface area contributed by atoms with Crippen molar-refractivity contribution in [3.8, 4) is 0 Å². The Morgan fingerprint density at radius 3 is 2.90 bits per heavy atom. The highest BCUT2D eigenvalue weighted by atomic mass is 16.5. The molecule has 0 heterocycles. The Hall–Kier alpha value is -1.39. The average molecular weight is 276 g/mol. The van der Waals surface area contributed by atoms with Crippen LogP contribution < -0.4 is 10.6 Å². The Morgan fingerprint density at radius 1 is 1.30 bits per heavy atom. The molecule has 0 radical (unpaired) electrons. The predicted molar refractivity (Wildman–Crippen MR) is 79.8 cm³/mol. The van der Waals surface area contributed by atoms with E-state index in [-0.39, 0.29) is 5.91 Å². The van der Waals surface area contributed by atoms with E-state index in [1.807, 2.05) is 0 Å². The topological polar surface area (TPSA) is 50.4 Å². The van der Waals surface area contributed by atoms with Gasteiger partial charge in [-0.25, -0.2) is 0 Å². The molecule has 1 amide bonds. The van der Waals surface area contributed by atoms with Gasteiger partial charge in [0.05, 0.1) is 6.61 Å². The van der Waals surface area contributed by atoms with Crippen molar-refractivity contribution in [1.29, 1.82) is 0 Å². The van der Waals surface area contributed by atoms with Gasteiger partial charge in [-0.2, -0.15) is 0 Å². The highest BCUT2D eigenvalue weighted by molar-refractivity contribution is 5.76. The molecule has 0 saturated heterocycles. The second kappa shape index (κ2) is 8.02. The Bertz CT molecular complexity index is 434. The summed E-state index contributed by atoms with van der Waals surface area (Å²) in [6.45, 7) is 1.90. The summed E-state index contributed by atoms with van der Waals surface area (Å²) < 4.78 is 4.89. The zero-order valence-corrected chi connectivity index (χ0v) is 12.2. The van der Waals surface area contributed by atoms with Crippen LogP contribution >= 0.6 is 0 Å². The molecule has 0 fully saturated rings. The lowest BCUT2D eigenvalue weighted by Crippen LogP contribution is -2.37. The van der Waals surface area contributed by atoms with Gasteiger partial charge in [0.1, 0.15) is 0 Å². The van der Waals surface area contributed by atoms with Crippen LogP contribution in [0, 0.1) is 0 Å².